The maximum absolute atomic E-state index is 11.9. The van der Waals surface area contributed by atoms with E-state index in [0.717, 1.165) is 29.5 Å². The fourth-order valence-electron chi connectivity index (χ4n) is 2.28. The lowest BCUT2D eigenvalue weighted by Crippen LogP contribution is -2.36. The summed E-state index contributed by atoms with van der Waals surface area (Å²) in [6, 6.07) is 7.57. The van der Waals surface area contributed by atoms with E-state index in [-0.39, 0.29) is 5.91 Å². The predicted molar refractivity (Wildman–Crippen MR) is 108 cm³/mol. The Hall–Kier alpha value is -2.41. The molecular weight excluding hydrogens is 346 g/mol. The highest BCUT2D eigenvalue weighted by Crippen LogP contribution is 2.13. The summed E-state index contributed by atoms with van der Waals surface area (Å²) in [5, 5.41) is 7.61. The first-order chi connectivity index (χ1) is 12.5. The normalized spacial score (nSPS) is 11.3. The molecule has 0 aliphatic carbocycles. The summed E-state index contributed by atoms with van der Waals surface area (Å²) in [5.74, 6) is 0.763. The topological polar surface area (TPSA) is 69.6 Å². The number of nitrogens with one attached hydrogen (secondary N) is 2. The van der Waals surface area contributed by atoms with Gasteiger partial charge in [-0.05, 0) is 31.0 Å². The van der Waals surface area contributed by atoms with Crippen LogP contribution in [-0.4, -0.2) is 42.4 Å². The van der Waals surface area contributed by atoms with Crippen LogP contribution >= 0.6 is 11.3 Å². The van der Waals surface area contributed by atoms with E-state index >= 15 is 0 Å². The molecule has 0 spiro atoms. The SMILES string of the molecule is CCNC(=NCc1ccc(C(=O)N(C)C)cc1)NCc1ncc(CC)s1. The summed E-state index contributed by atoms with van der Waals surface area (Å²) in [7, 11) is 3.50. The summed E-state index contributed by atoms with van der Waals surface area (Å²) in [5.41, 5.74) is 1.74. The highest BCUT2D eigenvalue weighted by atomic mass is 32.1. The summed E-state index contributed by atoms with van der Waals surface area (Å²) in [4.78, 5) is 23.8. The number of aliphatic imine (C=N–C) groups is 1. The second kappa shape index (κ2) is 9.91. The van der Waals surface area contributed by atoms with E-state index < -0.39 is 0 Å². The largest absolute Gasteiger partial charge is 0.357 e. The summed E-state index contributed by atoms with van der Waals surface area (Å²) < 4.78 is 0. The van der Waals surface area contributed by atoms with Crippen molar-refractivity contribution in [2.24, 2.45) is 4.99 Å². The van der Waals surface area contributed by atoms with Gasteiger partial charge in [0.1, 0.15) is 5.01 Å². The van der Waals surface area contributed by atoms with Crippen LogP contribution in [0.15, 0.2) is 35.5 Å². The first-order valence-electron chi connectivity index (χ1n) is 8.79. The molecule has 0 saturated heterocycles. The van der Waals surface area contributed by atoms with Crippen molar-refractivity contribution in [2.45, 2.75) is 33.4 Å². The van der Waals surface area contributed by atoms with Crippen LogP contribution in [0.1, 0.15) is 39.7 Å². The van der Waals surface area contributed by atoms with Crippen molar-refractivity contribution in [3.05, 3.63) is 51.5 Å². The standard InChI is InChI=1S/C19H27N5OS/c1-5-16-12-21-17(26-16)13-23-19(20-6-2)22-11-14-7-9-15(10-8-14)18(25)24(3)4/h7-10,12H,5-6,11,13H2,1-4H3,(H2,20,22,23). The predicted octanol–water partition coefficient (Wildman–Crippen LogP) is 2.66. The maximum atomic E-state index is 11.9. The van der Waals surface area contributed by atoms with Crippen LogP contribution in [0.4, 0.5) is 0 Å². The fraction of sp³-hybridized carbons (Fsp3) is 0.421. The van der Waals surface area contributed by atoms with Crippen LogP contribution in [0.2, 0.25) is 0 Å². The molecule has 0 aliphatic rings. The van der Waals surface area contributed by atoms with Crippen molar-refractivity contribution >= 4 is 23.2 Å². The molecule has 0 unspecified atom stereocenters. The molecule has 1 amide bonds. The quantitative estimate of drug-likeness (QED) is 0.578. The number of aromatic nitrogens is 1. The van der Waals surface area contributed by atoms with Crippen LogP contribution in [0, 0.1) is 0 Å². The highest BCUT2D eigenvalue weighted by Gasteiger charge is 2.07. The van der Waals surface area contributed by atoms with E-state index in [1.54, 1.807) is 30.3 Å². The molecule has 6 nitrogen and oxygen atoms in total. The molecule has 2 aromatic rings. The smallest absolute Gasteiger partial charge is 0.253 e. The van der Waals surface area contributed by atoms with Crippen LogP contribution in [0.25, 0.3) is 0 Å². The molecule has 26 heavy (non-hydrogen) atoms. The summed E-state index contributed by atoms with van der Waals surface area (Å²) in [6.45, 7) is 6.17. The number of hydrogen-bond donors (Lipinski definition) is 2. The van der Waals surface area contributed by atoms with Crippen molar-refractivity contribution in [3.63, 3.8) is 0 Å². The van der Waals surface area contributed by atoms with E-state index in [1.165, 1.54) is 4.88 Å². The van der Waals surface area contributed by atoms with Gasteiger partial charge in [0.15, 0.2) is 5.96 Å². The average Bonchev–Trinajstić information content (AvgIpc) is 3.12. The van der Waals surface area contributed by atoms with Crippen LogP contribution in [-0.2, 0) is 19.5 Å². The van der Waals surface area contributed by atoms with Gasteiger partial charge in [0.2, 0.25) is 0 Å². The Morgan fingerprint density at radius 2 is 1.92 bits per heavy atom. The molecule has 1 aromatic carbocycles. The molecular formula is C19H27N5OS. The number of guanidine groups is 1. The monoisotopic (exact) mass is 373 g/mol. The van der Waals surface area contributed by atoms with Gasteiger partial charge in [-0.1, -0.05) is 19.1 Å². The van der Waals surface area contributed by atoms with E-state index in [2.05, 4.69) is 27.5 Å². The van der Waals surface area contributed by atoms with Gasteiger partial charge in [0.25, 0.3) is 5.91 Å². The Bertz CT molecular complexity index is 737. The Labute approximate surface area is 159 Å². The number of benzene rings is 1. The molecule has 0 bridgehead atoms. The lowest BCUT2D eigenvalue weighted by Gasteiger charge is -2.11. The van der Waals surface area contributed by atoms with E-state index in [4.69, 9.17) is 0 Å². The van der Waals surface area contributed by atoms with E-state index in [9.17, 15) is 4.79 Å². The minimum absolute atomic E-state index is 0.00459. The number of amides is 1. The molecule has 0 fully saturated rings. The first kappa shape index (κ1) is 19.9. The number of carbonyl (C=O) groups excluding carboxylic acids is 1. The molecule has 140 valence electrons. The number of carbonyl (C=O) groups is 1. The number of hydrogen-bond acceptors (Lipinski definition) is 4. The Kier molecular flexibility index (Phi) is 7.59. The van der Waals surface area contributed by atoms with Gasteiger partial charge in [0.05, 0.1) is 13.1 Å². The molecule has 0 aliphatic heterocycles. The van der Waals surface area contributed by atoms with Gasteiger partial charge < -0.3 is 15.5 Å². The Morgan fingerprint density at radius 3 is 2.50 bits per heavy atom. The zero-order valence-corrected chi connectivity index (χ0v) is 16.7. The third-order valence-corrected chi connectivity index (χ3v) is 4.87. The van der Waals surface area contributed by atoms with Crippen LogP contribution < -0.4 is 10.6 Å². The van der Waals surface area contributed by atoms with Gasteiger partial charge in [-0.2, -0.15) is 0 Å². The van der Waals surface area contributed by atoms with Crippen molar-refractivity contribution in [1.29, 1.82) is 0 Å². The molecule has 1 heterocycles. The molecule has 2 rings (SSSR count). The third-order valence-electron chi connectivity index (χ3n) is 3.73. The van der Waals surface area contributed by atoms with Crippen LogP contribution in [0.3, 0.4) is 0 Å². The zero-order valence-electron chi connectivity index (χ0n) is 15.9. The lowest BCUT2D eigenvalue weighted by molar-refractivity contribution is 0.0827. The Morgan fingerprint density at radius 1 is 1.19 bits per heavy atom. The van der Waals surface area contributed by atoms with Crippen molar-refractivity contribution < 1.29 is 4.79 Å². The molecule has 0 radical (unpaired) electrons. The van der Waals surface area contributed by atoms with E-state index in [1.807, 2.05) is 37.4 Å². The van der Waals surface area contributed by atoms with Gasteiger partial charge in [-0.3, -0.25) is 4.79 Å². The molecule has 2 N–H and O–H groups in total. The first-order valence-corrected chi connectivity index (χ1v) is 9.61. The average molecular weight is 374 g/mol. The van der Waals surface area contributed by atoms with Crippen LogP contribution in [0.5, 0.6) is 0 Å². The molecule has 1 aromatic heterocycles. The summed E-state index contributed by atoms with van der Waals surface area (Å²) >= 11 is 1.72. The van der Waals surface area contributed by atoms with Gasteiger partial charge in [-0.25, -0.2) is 9.98 Å². The molecule has 0 atom stereocenters. The van der Waals surface area contributed by atoms with Gasteiger partial charge >= 0.3 is 0 Å². The fourth-order valence-corrected chi connectivity index (χ4v) is 3.08. The zero-order chi connectivity index (χ0) is 18.9. The maximum Gasteiger partial charge on any atom is 0.253 e. The number of nitrogens with zero attached hydrogens (tertiary/aromatic N) is 3. The van der Waals surface area contributed by atoms with Gasteiger partial charge in [-0.15, -0.1) is 11.3 Å². The highest BCUT2D eigenvalue weighted by molar-refractivity contribution is 7.11. The minimum atomic E-state index is 0.00459. The van der Waals surface area contributed by atoms with Crippen molar-refractivity contribution in [1.82, 2.24) is 20.5 Å². The minimum Gasteiger partial charge on any atom is -0.357 e. The number of rotatable bonds is 7. The second-order valence-corrected chi connectivity index (χ2v) is 7.22. The number of aryl methyl sites for hydroxylation is 1. The number of thiazole rings is 1. The van der Waals surface area contributed by atoms with Crippen molar-refractivity contribution in [2.75, 3.05) is 20.6 Å². The van der Waals surface area contributed by atoms with Gasteiger partial charge in [0, 0.05) is 37.3 Å². The summed E-state index contributed by atoms with van der Waals surface area (Å²) in [6.07, 6.45) is 2.94. The molecule has 7 heteroatoms. The van der Waals surface area contributed by atoms with E-state index in [0.29, 0.717) is 18.7 Å². The second-order valence-electron chi connectivity index (χ2n) is 6.02. The van der Waals surface area contributed by atoms with Crippen molar-refractivity contribution in [3.8, 4) is 0 Å². The lowest BCUT2D eigenvalue weighted by atomic mass is 10.1. The molecule has 0 saturated carbocycles. The Balaban J connectivity index is 1.96. The third kappa shape index (κ3) is 5.84.